The van der Waals surface area contributed by atoms with Crippen molar-refractivity contribution in [1.29, 1.82) is 0 Å². The van der Waals surface area contributed by atoms with Crippen molar-refractivity contribution >= 4 is 21.7 Å². The predicted octanol–water partition coefficient (Wildman–Crippen LogP) is 0.933. The first-order chi connectivity index (χ1) is 13.6. The molecule has 0 amide bonds. The minimum Gasteiger partial charge on any atom is -0.353 e. The van der Waals surface area contributed by atoms with Crippen molar-refractivity contribution in [3.63, 3.8) is 0 Å². The van der Waals surface area contributed by atoms with Gasteiger partial charge in [-0.2, -0.15) is 13.5 Å². The van der Waals surface area contributed by atoms with Gasteiger partial charge in [0.05, 0.1) is 0 Å². The first-order valence-corrected chi connectivity index (χ1v) is 10.3. The third kappa shape index (κ3) is 2.82. The maximum absolute atomic E-state index is 12.3. The highest BCUT2D eigenvalue weighted by molar-refractivity contribution is 7.90. The molecule has 2 aliphatic rings. The summed E-state index contributed by atoms with van der Waals surface area (Å²) in [5.74, 6) is 2.06. The first kappa shape index (κ1) is 16.9. The number of piperazine rings is 1. The molecule has 1 saturated heterocycles. The molecule has 0 N–H and O–H groups in total. The number of anilines is 1. The molecular weight excluding hydrogens is 378 g/mol. The molecule has 0 atom stereocenters. The maximum Gasteiger partial charge on any atom is 0.285 e. The van der Waals surface area contributed by atoms with Crippen LogP contribution in [0.4, 0.5) is 5.82 Å². The molecule has 2 aliphatic heterocycles. The van der Waals surface area contributed by atoms with E-state index in [1.165, 1.54) is 6.33 Å². The highest BCUT2D eigenvalue weighted by Crippen LogP contribution is 2.28. The van der Waals surface area contributed by atoms with Crippen LogP contribution in [0, 0.1) is 0 Å². The zero-order chi connectivity index (χ0) is 19.1. The molecule has 3 aromatic rings. The Bertz CT molecular complexity index is 1150. The lowest BCUT2D eigenvalue weighted by Gasteiger charge is -2.36. The molecule has 142 valence electrons. The minimum atomic E-state index is -3.60. The van der Waals surface area contributed by atoms with E-state index in [4.69, 9.17) is 0 Å². The fourth-order valence-electron chi connectivity index (χ4n) is 3.50. The van der Waals surface area contributed by atoms with Crippen LogP contribution >= 0.6 is 0 Å². The van der Waals surface area contributed by atoms with Gasteiger partial charge in [0.15, 0.2) is 11.7 Å². The Balaban J connectivity index is 1.35. The lowest BCUT2D eigenvalue weighted by Crippen LogP contribution is -2.49. The van der Waals surface area contributed by atoms with Gasteiger partial charge in [0, 0.05) is 50.2 Å². The van der Waals surface area contributed by atoms with Gasteiger partial charge in [0.2, 0.25) is 0 Å². The Hall–Kier alpha value is -3.27. The van der Waals surface area contributed by atoms with Crippen LogP contribution in [0.2, 0.25) is 0 Å². The molecule has 2 aromatic heterocycles. The molecule has 5 rings (SSSR count). The zero-order valence-electron chi connectivity index (χ0n) is 14.9. The van der Waals surface area contributed by atoms with Gasteiger partial charge in [-0.25, -0.2) is 14.6 Å². The lowest BCUT2D eigenvalue weighted by atomic mass is 10.1. The molecule has 0 unspecified atom stereocenters. The number of aromatic nitrogens is 4. The number of sulfonamides is 1. The van der Waals surface area contributed by atoms with E-state index in [-0.39, 0.29) is 4.90 Å². The van der Waals surface area contributed by atoms with Gasteiger partial charge in [0.1, 0.15) is 17.0 Å². The molecule has 28 heavy (non-hydrogen) atoms. The normalized spacial score (nSPS) is 18.1. The molecular formula is C18H17N7O2S. The molecule has 0 spiro atoms. The number of hydrogen-bond acceptors (Lipinski definition) is 7. The Morgan fingerprint density at radius 3 is 2.43 bits per heavy atom. The van der Waals surface area contributed by atoms with Crippen LogP contribution in [-0.4, -0.2) is 65.1 Å². The number of benzene rings is 1. The van der Waals surface area contributed by atoms with E-state index in [2.05, 4.69) is 24.4 Å². The number of nitrogens with zero attached hydrogens (tertiary/aromatic N) is 7. The summed E-state index contributed by atoms with van der Waals surface area (Å²) >= 11 is 0. The highest BCUT2D eigenvalue weighted by Gasteiger charge is 2.33. The van der Waals surface area contributed by atoms with Gasteiger partial charge >= 0.3 is 0 Å². The van der Waals surface area contributed by atoms with Gasteiger partial charge in [-0.05, 0) is 18.2 Å². The largest absolute Gasteiger partial charge is 0.353 e. The monoisotopic (exact) mass is 395 g/mol. The summed E-state index contributed by atoms with van der Waals surface area (Å²) in [5, 5.41) is 4.20. The van der Waals surface area contributed by atoms with Crippen molar-refractivity contribution in [3.05, 3.63) is 60.7 Å². The standard InChI is InChI=1S/C18H17N7O2S/c26-28(27)15-5-2-1-4-14(15)18(22-28)24-10-8-23(9-11-24)16-12-17(20-13-19-16)25-7-3-6-21-25/h1-7,12-13H,8-11H2. The summed E-state index contributed by atoms with van der Waals surface area (Å²) in [6.45, 7) is 2.72. The summed E-state index contributed by atoms with van der Waals surface area (Å²) in [6, 6.07) is 10.7. The van der Waals surface area contributed by atoms with Gasteiger partial charge in [-0.15, -0.1) is 4.40 Å². The fraction of sp³-hybridized carbons (Fsp3) is 0.222. The molecule has 0 saturated carbocycles. The van der Waals surface area contributed by atoms with Crippen molar-refractivity contribution in [3.8, 4) is 5.82 Å². The third-order valence-electron chi connectivity index (χ3n) is 4.89. The Morgan fingerprint density at radius 2 is 1.64 bits per heavy atom. The highest BCUT2D eigenvalue weighted by atomic mass is 32.2. The summed E-state index contributed by atoms with van der Waals surface area (Å²) < 4.78 is 30.3. The van der Waals surface area contributed by atoms with E-state index in [1.54, 1.807) is 23.0 Å². The molecule has 9 nitrogen and oxygen atoms in total. The first-order valence-electron chi connectivity index (χ1n) is 8.88. The van der Waals surface area contributed by atoms with E-state index in [1.807, 2.05) is 35.4 Å². The van der Waals surface area contributed by atoms with Crippen LogP contribution in [0.5, 0.6) is 0 Å². The average Bonchev–Trinajstić information content (AvgIpc) is 3.36. The van der Waals surface area contributed by atoms with E-state index >= 15 is 0 Å². The summed E-state index contributed by atoms with van der Waals surface area (Å²) in [6.07, 6.45) is 5.07. The maximum atomic E-state index is 12.3. The smallest absolute Gasteiger partial charge is 0.285 e. The molecule has 1 fully saturated rings. The Kier molecular flexibility index (Phi) is 3.86. The number of hydrogen-bond donors (Lipinski definition) is 0. The Labute approximate surface area is 162 Å². The number of rotatable bonds is 2. The molecule has 1 aromatic carbocycles. The summed E-state index contributed by atoms with van der Waals surface area (Å²) in [7, 11) is -3.60. The predicted molar refractivity (Wildman–Crippen MR) is 103 cm³/mol. The lowest BCUT2D eigenvalue weighted by molar-refractivity contribution is 0.386. The van der Waals surface area contributed by atoms with Crippen molar-refractivity contribution in [2.75, 3.05) is 31.1 Å². The van der Waals surface area contributed by atoms with Crippen LogP contribution in [0.3, 0.4) is 0 Å². The van der Waals surface area contributed by atoms with Gasteiger partial charge < -0.3 is 9.80 Å². The SMILES string of the molecule is O=S1(=O)N=C(N2CCN(c3cc(-n4cccn4)ncn3)CC2)c2ccccc21. The van der Waals surface area contributed by atoms with Crippen LogP contribution in [0.1, 0.15) is 5.56 Å². The van der Waals surface area contributed by atoms with Crippen molar-refractivity contribution in [2.45, 2.75) is 4.90 Å². The summed E-state index contributed by atoms with van der Waals surface area (Å²) in [4.78, 5) is 13.1. The van der Waals surface area contributed by atoms with Gasteiger partial charge in [0.25, 0.3) is 10.0 Å². The van der Waals surface area contributed by atoms with Gasteiger partial charge in [-0.3, -0.25) is 0 Å². The second kappa shape index (κ2) is 6.41. The topological polar surface area (TPSA) is 96.6 Å². The fourth-order valence-corrected chi connectivity index (χ4v) is 4.73. The molecule has 0 bridgehead atoms. The van der Waals surface area contributed by atoms with Gasteiger partial charge in [-0.1, -0.05) is 12.1 Å². The molecule has 10 heteroatoms. The van der Waals surface area contributed by atoms with Crippen LogP contribution < -0.4 is 4.90 Å². The third-order valence-corrected chi connectivity index (χ3v) is 6.22. The number of amidine groups is 1. The Morgan fingerprint density at radius 1 is 0.893 bits per heavy atom. The molecule has 0 radical (unpaired) electrons. The number of fused-ring (bicyclic) bond motifs is 1. The van der Waals surface area contributed by atoms with E-state index < -0.39 is 10.0 Å². The van der Waals surface area contributed by atoms with E-state index in [0.29, 0.717) is 43.4 Å². The quantitative estimate of drug-likeness (QED) is 0.637. The molecule has 4 heterocycles. The van der Waals surface area contributed by atoms with Crippen LogP contribution in [0.15, 0.2) is 64.4 Å². The second-order valence-corrected chi connectivity index (χ2v) is 8.12. The van der Waals surface area contributed by atoms with Crippen molar-refractivity contribution < 1.29 is 8.42 Å². The second-order valence-electron chi connectivity index (χ2n) is 6.55. The average molecular weight is 395 g/mol. The molecule has 0 aliphatic carbocycles. The minimum absolute atomic E-state index is 0.284. The van der Waals surface area contributed by atoms with E-state index in [9.17, 15) is 8.42 Å². The summed E-state index contributed by atoms with van der Waals surface area (Å²) in [5.41, 5.74) is 0.680. The van der Waals surface area contributed by atoms with Crippen molar-refractivity contribution in [2.24, 2.45) is 4.40 Å². The van der Waals surface area contributed by atoms with Crippen molar-refractivity contribution in [1.82, 2.24) is 24.6 Å². The zero-order valence-corrected chi connectivity index (χ0v) is 15.7. The van der Waals surface area contributed by atoms with Crippen LogP contribution in [-0.2, 0) is 10.0 Å². The van der Waals surface area contributed by atoms with E-state index in [0.717, 1.165) is 5.82 Å². The van der Waals surface area contributed by atoms with Crippen LogP contribution in [0.25, 0.3) is 5.82 Å².